The van der Waals surface area contributed by atoms with Gasteiger partial charge >= 0.3 is 0 Å². The van der Waals surface area contributed by atoms with Crippen LogP contribution >= 0.6 is 0 Å². The third kappa shape index (κ3) is 5.81. The van der Waals surface area contributed by atoms with Gasteiger partial charge in [0.15, 0.2) is 0 Å². The number of benzene rings is 9. The third-order valence-electron chi connectivity index (χ3n) is 10.5. The van der Waals surface area contributed by atoms with Crippen molar-refractivity contribution < 1.29 is 4.42 Å². The van der Waals surface area contributed by atoms with Gasteiger partial charge in [-0.3, -0.25) is 0 Å². The van der Waals surface area contributed by atoms with Gasteiger partial charge in [0.25, 0.3) is 0 Å². The number of hydrogen-bond donors (Lipinski definition) is 0. The topological polar surface area (TPSA) is 16.4 Å². The molecule has 54 heavy (non-hydrogen) atoms. The van der Waals surface area contributed by atoms with Crippen LogP contribution in [-0.2, 0) is 0 Å². The van der Waals surface area contributed by atoms with E-state index in [9.17, 15) is 0 Å². The fourth-order valence-corrected chi connectivity index (χ4v) is 7.72. The predicted octanol–water partition coefficient (Wildman–Crippen LogP) is 14.9. The Labute approximate surface area is 314 Å². The summed E-state index contributed by atoms with van der Waals surface area (Å²) in [4.78, 5) is 2.35. The number of hydrogen-bond acceptors (Lipinski definition) is 2. The van der Waals surface area contributed by atoms with Gasteiger partial charge in [-0.1, -0.05) is 158 Å². The molecule has 0 fully saturated rings. The summed E-state index contributed by atoms with van der Waals surface area (Å²) in [5.74, 6) is 0. The molecular weight excluding hydrogens is 655 g/mol. The van der Waals surface area contributed by atoms with E-state index in [1.165, 1.54) is 55.1 Å². The lowest BCUT2D eigenvalue weighted by molar-refractivity contribution is 0.669. The molecule has 2 heteroatoms. The lowest BCUT2D eigenvalue weighted by Crippen LogP contribution is -2.10. The van der Waals surface area contributed by atoms with Crippen LogP contribution in [0.1, 0.15) is 0 Å². The van der Waals surface area contributed by atoms with Crippen molar-refractivity contribution in [1.29, 1.82) is 0 Å². The van der Waals surface area contributed by atoms with Crippen molar-refractivity contribution in [1.82, 2.24) is 0 Å². The Morgan fingerprint density at radius 3 is 1.39 bits per heavy atom. The minimum atomic E-state index is 0.916. The number of nitrogens with zero attached hydrogens (tertiary/aromatic N) is 1. The molecule has 1 aromatic heterocycles. The monoisotopic (exact) mass is 689 g/mol. The molecule has 0 aliphatic heterocycles. The minimum absolute atomic E-state index is 0.916. The summed E-state index contributed by atoms with van der Waals surface area (Å²) in [6, 6.07) is 75.9. The summed E-state index contributed by atoms with van der Waals surface area (Å²) < 4.78 is 6.22. The van der Waals surface area contributed by atoms with E-state index < -0.39 is 0 Å². The third-order valence-corrected chi connectivity index (χ3v) is 10.5. The standard InChI is InChI=1S/C52H35NO/c1-3-10-36(11-4-1)38-18-20-39(21-19-38)40-24-29-45(30-25-40)53(47-15-9-14-43(34-47)37-12-5-2-6-13-37)46-31-26-41(27-32-46)44-23-22-42-28-33-51-52(49(42)35-44)48-16-7-8-17-50(48)54-51/h1-35H. The normalized spacial score (nSPS) is 11.3. The number of fused-ring (bicyclic) bond motifs is 5. The van der Waals surface area contributed by atoms with Crippen LogP contribution in [0.2, 0.25) is 0 Å². The molecule has 0 atom stereocenters. The van der Waals surface area contributed by atoms with Crippen LogP contribution in [0.5, 0.6) is 0 Å². The highest BCUT2D eigenvalue weighted by molar-refractivity contribution is 6.19. The van der Waals surface area contributed by atoms with Crippen LogP contribution in [0, 0.1) is 0 Å². The van der Waals surface area contributed by atoms with E-state index in [-0.39, 0.29) is 0 Å². The van der Waals surface area contributed by atoms with Crippen molar-refractivity contribution in [3.8, 4) is 44.5 Å². The van der Waals surface area contributed by atoms with E-state index in [2.05, 4.69) is 205 Å². The Morgan fingerprint density at radius 2 is 0.741 bits per heavy atom. The molecule has 2 nitrogen and oxygen atoms in total. The van der Waals surface area contributed by atoms with E-state index in [4.69, 9.17) is 4.42 Å². The fraction of sp³-hybridized carbons (Fsp3) is 0. The van der Waals surface area contributed by atoms with Crippen LogP contribution in [0.4, 0.5) is 17.1 Å². The SMILES string of the molecule is c1ccc(-c2ccc(-c3ccc(N(c4ccc(-c5ccc6ccc7oc8ccccc8c7c6c5)cc4)c4cccc(-c5ccccc5)c4)cc3)cc2)cc1. The molecule has 0 saturated heterocycles. The molecule has 0 aliphatic carbocycles. The number of anilines is 3. The van der Waals surface area contributed by atoms with Gasteiger partial charge < -0.3 is 9.32 Å². The Bertz CT molecular complexity index is 2890. The van der Waals surface area contributed by atoms with Crippen molar-refractivity contribution in [2.24, 2.45) is 0 Å². The molecular formula is C52H35NO. The smallest absolute Gasteiger partial charge is 0.136 e. The Morgan fingerprint density at radius 1 is 0.278 bits per heavy atom. The van der Waals surface area contributed by atoms with Crippen LogP contribution in [0.15, 0.2) is 217 Å². The van der Waals surface area contributed by atoms with Gasteiger partial charge in [0, 0.05) is 27.8 Å². The first kappa shape index (κ1) is 31.6. The van der Waals surface area contributed by atoms with Gasteiger partial charge in [-0.25, -0.2) is 0 Å². The first-order chi connectivity index (χ1) is 26.7. The second-order valence-electron chi connectivity index (χ2n) is 13.8. The Hall–Kier alpha value is -7.16. The molecule has 10 rings (SSSR count). The van der Waals surface area contributed by atoms with Gasteiger partial charge in [0.2, 0.25) is 0 Å². The minimum Gasteiger partial charge on any atom is -0.456 e. The van der Waals surface area contributed by atoms with E-state index in [0.29, 0.717) is 0 Å². The largest absolute Gasteiger partial charge is 0.456 e. The Kier molecular flexibility index (Phi) is 7.85. The first-order valence-corrected chi connectivity index (χ1v) is 18.4. The molecule has 254 valence electrons. The van der Waals surface area contributed by atoms with E-state index in [0.717, 1.165) is 39.2 Å². The van der Waals surface area contributed by atoms with Crippen molar-refractivity contribution in [3.05, 3.63) is 212 Å². The second kappa shape index (κ2) is 13.4. The van der Waals surface area contributed by atoms with Gasteiger partial charge in [0.05, 0.1) is 0 Å². The highest BCUT2D eigenvalue weighted by atomic mass is 16.3. The highest BCUT2D eigenvalue weighted by Gasteiger charge is 2.16. The van der Waals surface area contributed by atoms with Crippen molar-refractivity contribution >= 4 is 49.8 Å². The highest BCUT2D eigenvalue weighted by Crippen LogP contribution is 2.40. The molecule has 0 N–H and O–H groups in total. The quantitative estimate of drug-likeness (QED) is 0.166. The molecule has 0 aliphatic rings. The summed E-state index contributed by atoms with van der Waals surface area (Å²) in [7, 11) is 0. The summed E-state index contributed by atoms with van der Waals surface area (Å²) in [5, 5.41) is 4.72. The maximum Gasteiger partial charge on any atom is 0.136 e. The first-order valence-electron chi connectivity index (χ1n) is 18.4. The van der Waals surface area contributed by atoms with E-state index in [1.807, 2.05) is 12.1 Å². The van der Waals surface area contributed by atoms with E-state index in [1.54, 1.807) is 0 Å². The number of furan rings is 1. The zero-order valence-electron chi connectivity index (χ0n) is 29.6. The van der Waals surface area contributed by atoms with Crippen LogP contribution in [0.25, 0.3) is 77.2 Å². The van der Waals surface area contributed by atoms with Crippen LogP contribution in [-0.4, -0.2) is 0 Å². The van der Waals surface area contributed by atoms with Gasteiger partial charge in [-0.15, -0.1) is 0 Å². The zero-order chi connectivity index (χ0) is 35.8. The van der Waals surface area contributed by atoms with Crippen LogP contribution < -0.4 is 4.90 Å². The van der Waals surface area contributed by atoms with Crippen molar-refractivity contribution in [3.63, 3.8) is 0 Å². The van der Waals surface area contributed by atoms with Gasteiger partial charge in [-0.05, 0) is 110 Å². The van der Waals surface area contributed by atoms with Crippen LogP contribution in [0.3, 0.4) is 0 Å². The summed E-state index contributed by atoms with van der Waals surface area (Å²) in [6.07, 6.45) is 0. The molecule has 0 bridgehead atoms. The van der Waals surface area contributed by atoms with Crippen molar-refractivity contribution in [2.45, 2.75) is 0 Å². The maximum atomic E-state index is 6.22. The zero-order valence-corrected chi connectivity index (χ0v) is 29.6. The fourth-order valence-electron chi connectivity index (χ4n) is 7.72. The van der Waals surface area contributed by atoms with Gasteiger partial charge in [-0.2, -0.15) is 0 Å². The van der Waals surface area contributed by atoms with Crippen molar-refractivity contribution in [2.75, 3.05) is 4.90 Å². The molecule has 0 radical (unpaired) electrons. The summed E-state index contributed by atoms with van der Waals surface area (Å²) in [5.41, 5.74) is 14.7. The molecule has 0 spiro atoms. The van der Waals surface area contributed by atoms with E-state index >= 15 is 0 Å². The Balaban J connectivity index is 1.02. The molecule has 0 saturated carbocycles. The maximum absolute atomic E-state index is 6.22. The average Bonchev–Trinajstić information content (AvgIpc) is 3.64. The second-order valence-corrected chi connectivity index (χ2v) is 13.8. The molecule has 1 heterocycles. The molecule has 10 aromatic rings. The molecule has 9 aromatic carbocycles. The molecule has 0 amide bonds. The lowest BCUT2D eigenvalue weighted by Gasteiger charge is -2.26. The lowest BCUT2D eigenvalue weighted by atomic mass is 9.97. The molecule has 0 unspecified atom stereocenters. The van der Waals surface area contributed by atoms with Gasteiger partial charge in [0.1, 0.15) is 11.2 Å². The number of rotatable bonds is 7. The predicted molar refractivity (Wildman–Crippen MR) is 228 cm³/mol. The number of para-hydroxylation sites is 1. The summed E-state index contributed by atoms with van der Waals surface area (Å²) in [6.45, 7) is 0. The summed E-state index contributed by atoms with van der Waals surface area (Å²) >= 11 is 0. The average molecular weight is 690 g/mol.